The van der Waals surface area contributed by atoms with Gasteiger partial charge in [-0.05, 0) is 38.3 Å². The van der Waals surface area contributed by atoms with E-state index in [2.05, 4.69) is 0 Å². The number of sulfonamides is 1. The Hall–Kier alpha value is -1.40. The molecule has 1 aromatic rings. The summed E-state index contributed by atoms with van der Waals surface area (Å²) in [6, 6.07) is 5.29. The van der Waals surface area contributed by atoms with Gasteiger partial charge in [0.2, 0.25) is 10.0 Å². The first-order chi connectivity index (χ1) is 9.86. The number of carbonyl (C=O) groups excluding carboxylic acids is 1. The summed E-state index contributed by atoms with van der Waals surface area (Å²) in [6.07, 6.45) is 1.34. The molecule has 1 fully saturated rings. The highest BCUT2D eigenvalue weighted by molar-refractivity contribution is 7.89. The zero-order valence-electron chi connectivity index (χ0n) is 12.6. The van der Waals surface area contributed by atoms with E-state index >= 15 is 0 Å². The Morgan fingerprint density at radius 1 is 1.33 bits per heavy atom. The van der Waals surface area contributed by atoms with E-state index in [4.69, 9.17) is 4.74 Å². The summed E-state index contributed by atoms with van der Waals surface area (Å²) in [7, 11) is -2.23. The molecule has 0 amide bonds. The summed E-state index contributed by atoms with van der Waals surface area (Å²) < 4.78 is 31.6. The van der Waals surface area contributed by atoms with Crippen LogP contribution in [0.3, 0.4) is 0 Å². The van der Waals surface area contributed by atoms with Crippen LogP contribution < -0.4 is 0 Å². The molecule has 0 saturated carbocycles. The number of esters is 1. The van der Waals surface area contributed by atoms with Crippen LogP contribution in [-0.2, 0) is 19.6 Å². The van der Waals surface area contributed by atoms with Crippen LogP contribution in [0.2, 0.25) is 0 Å². The molecule has 0 radical (unpaired) electrons. The second-order valence-electron chi connectivity index (χ2n) is 5.49. The van der Waals surface area contributed by atoms with E-state index in [-0.39, 0.29) is 18.4 Å². The highest BCUT2D eigenvalue weighted by Gasteiger charge is 2.34. The van der Waals surface area contributed by atoms with Gasteiger partial charge in [-0.2, -0.15) is 4.31 Å². The summed E-state index contributed by atoms with van der Waals surface area (Å²) in [6.45, 7) is 4.37. The topological polar surface area (TPSA) is 63.7 Å². The molecule has 1 atom stereocenters. The standard InChI is InChI=1S/C15H21NO4S/c1-11-6-7-14(12(2)9-11)21(18,19)16-8-4-5-13(10-16)15(17)20-3/h6-7,9,13H,4-5,8,10H2,1-3H3/t13-/m0/s1. The number of ether oxygens (including phenoxy) is 1. The van der Waals surface area contributed by atoms with E-state index in [1.165, 1.54) is 11.4 Å². The van der Waals surface area contributed by atoms with Crippen molar-refractivity contribution < 1.29 is 17.9 Å². The van der Waals surface area contributed by atoms with E-state index in [0.717, 1.165) is 11.1 Å². The molecule has 1 aromatic carbocycles. The Morgan fingerprint density at radius 3 is 2.67 bits per heavy atom. The molecule has 0 spiro atoms. The molecule has 116 valence electrons. The summed E-state index contributed by atoms with van der Waals surface area (Å²) in [5.41, 5.74) is 1.76. The summed E-state index contributed by atoms with van der Waals surface area (Å²) >= 11 is 0. The van der Waals surface area contributed by atoms with E-state index in [0.29, 0.717) is 24.3 Å². The highest BCUT2D eigenvalue weighted by Crippen LogP contribution is 2.26. The Labute approximate surface area is 126 Å². The minimum Gasteiger partial charge on any atom is -0.469 e. The second kappa shape index (κ2) is 6.15. The maximum atomic E-state index is 12.7. The Kier molecular flexibility index (Phi) is 4.68. The first-order valence-electron chi connectivity index (χ1n) is 7.01. The summed E-state index contributed by atoms with van der Waals surface area (Å²) in [4.78, 5) is 12.0. The van der Waals surface area contributed by atoms with Gasteiger partial charge in [0.25, 0.3) is 0 Å². The van der Waals surface area contributed by atoms with Gasteiger partial charge in [0.05, 0.1) is 17.9 Å². The van der Waals surface area contributed by atoms with Crippen molar-refractivity contribution in [1.29, 1.82) is 0 Å². The van der Waals surface area contributed by atoms with E-state index in [9.17, 15) is 13.2 Å². The average molecular weight is 311 g/mol. The molecule has 1 heterocycles. The molecule has 0 aliphatic carbocycles. The SMILES string of the molecule is COC(=O)[C@H]1CCCN(S(=O)(=O)c2ccc(C)cc2C)C1. The maximum Gasteiger partial charge on any atom is 0.309 e. The van der Waals surface area contributed by atoms with Crippen LogP contribution in [-0.4, -0.2) is 38.9 Å². The van der Waals surface area contributed by atoms with Crippen molar-refractivity contribution in [2.24, 2.45) is 5.92 Å². The third-order valence-electron chi connectivity index (χ3n) is 3.87. The van der Waals surface area contributed by atoms with Crippen molar-refractivity contribution in [3.8, 4) is 0 Å². The van der Waals surface area contributed by atoms with Crippen LogP contribution in [0.4, 0.5) is 0 Å². The van der Waals surface area contributed by atoms with E-state index < -0.39 is 10.0 Å². The normalized spacial score (nSPS) is 20.2. The lowest BCUT2D eigenvalue weighted by molar-refractivity contribution is -0.146. The molecule has 0 aromatic heterocycles. The number of carbonyl (C=O) groups is 1. The zero-order valence-corrected chi connectivity index (χ0v) is 13.4. The van der Waals surface area contributed by atoms with Gasteiger partial charge in [0.1, 0.15) is 0 Å². The van der Waals surface area contributed by atoms with Crippen LogP contribution in [0.25, 0.3) is 0 Å². The molecular formula is C15H21NO4S. The second-order valence-corrected chi connectivity index (χ2v) is 7.40. The molecule has 2 rings (SSSR count). The predicted molar refractivity (Wildman–Crippen MR) is 79.4 cm³/mol. The lowest BCUT2D eigenvalue weighted by atomic mass is 10.0. The summed E-state index contributed by atoms with van der Waals surface area (Å²) in [5.74, 6) is -0.709. The number of hydrogen-bond donors (Lipinski definition) is 0. The lowest BCUT2D eigenvalue weighted by Gasteiger charge is -2.30. The molecule has 21 heavy (non-hydrogen) atoms. The van der Waals surface area contributed by atoms with Gasteiger partial charge in [-0.3, -0.25) is 4.79 Å². The largest absolute Gasteiger partial charge is 0.469 e. The fourth-order valence-corrected chi connectivity index (χ4v) is 4.48. The van der Waals surface area contributed by atoms with Crippen molar-refractivity contribution in [2.75, 3.05) is 20.2 Å². The van der Waals surface area contributed by atoms with Gasteiger partial charge in [0, 0.05) is 13.1 Å². The minimum atomic E-state index is -3.56. The van der Waals surface area contributed by atoms with Gasteiger partial charge in [-0.15, -0.1) is 0 Å². The monoisotopic (exact) mass is 311 g/mol. The number of hydrogen-bond acceptors (Lipinski definition) is 4. The van der Waals surface area contributed by atoms with Gasteiger partial charge in [-0.25, -0.2) is 8.42 Å². The van der Waals surface area contributed by atoms with Crippen LogP contribution in [0, 0.1) is 19.8 Å². The van der Waals surface area contributed by atoms with Crippen molar-refractivity contribution in [3.05, 3.63) is 29.3 Å². The first kappa shape index (κ1) is 16.0. The number of benzene rings is 1. The Balaban J connectivity index is 2.28. The molecular weight excluding hydrogens is 290 g/mol. The number of aryl methyl sites for hydroxylation is 2. The van der Waals surface area contributed by atoms with Crippen molar-refractivity contribution in [2.45, 2.75) is 31.6 Å². The maximum absolute atomic E-state index is 12.7. The number of piperidine rings is 1. The molecule has 0 bridgehead atoms. The molecule has 6 heteroatoms. The number of methoxy groups -OCH3 is 1. The summed E-state index contributed by atoms with van der Waals surface area (Å²) in [5, 5.41) is 0. The van der Waals surface area contributed by atoms with Crippen LogP contribution in [0.1, 0.15) is 24.0 Å². The smallest absolute Gasteiger partial charge is 0.309 e. The lowest BCUT2D eigenvalue weighted by Crippen LogP contribution is -2.42. The predicted octanol–water partition coefficient (Wildman–Crippen LogP) is 1.88. The molecule has 5 nitrogen and oxygen atoms in total. The van der Waals surface area contributed by atoms with Crippen molar-refractivity contribution in [1.82, 2.24) is 4.31 Å². The third kappa shape index (κ3) is 3.27. The van der Waals surface area contributed by atoms with Crippen molar-refractivity contribution in [3.63, 3.8) is 0 Å². The Bertz CT molecular complexity index is 639. The molecule has 0 N–H and O–H groups in total. The van der Waals surface area contributed by atoms with Crippen LogP contribution in [0.5, 0.6) is 0 Å². The first-order valence-corrected chi connectivity index (χ1v) is 8.45. The number of rotatable bonds is 3. The fraction of sp³-hybridized carbons (Fsp3) is 0.533. The minimum absolute atomic E-state index is 0.197. The van der Waals surface area contributed by atoms with E-state index in [1.807, 2.05) is 13.0 Å². The zero-order chi connectivity index (χ0) is 15.6. The Morgan fingerprint density at radius 2 is 2.05 bits per heavy atom. The quantitative estimate of drug-likeness (QED) is 0.800. The van der Waals surface area contributed by atoms with Gasteiger partial charge >= 0.3 is 5.97 Å². The van der Waals surface area contributed by atoms with Gasteiger partial charge in [-0.1, -0.05) is 17.7 Å². The van der Waals surface area contributed by atoms with Crippen molar-refractivity contribution >= 4 is 16.0 Å². The highest BCUT2D eigenvalue weighted by atomic mass is 32.2. The fourth-order valence-electron chi connectivity index (χ4n) is 2.75. The molecule has 1 aliphatic heterocycles. The molecule has 1 aliphatic rings. The van der Waals surface area contributed by atoms with Crippen LogP contribution >= 0.6 is 0 Å². The number of nitrogens with zero attached hydrogens (tertiary/aromatic N) is 1. The molecule has 0 unspecified atom stereocenters. The average Bonchev–Trinajstić information content (AvgIpc) is 2.46. The van der Waals surface area contributed by atoms with E-state index in [1.54, 1.807) is 19.1 Å². The molecule has 1 saturated heterocycles. The van der Waals surface area contributed by atoms with Gasteiger partial charge in [0.15, 0.2) is 0 Å². The third-order valence-corrected chi connectivity index (χ3v) is 5.89. The van der Waals surface area contributed by atoms with Gasteiger partial charge < -0.3 is 4.74 Å². The van der Waals surface area contributed by atoms with Crippen LogP contribution in [0.15, 0.2) is 23.1 Å².